The number of amides is 1. The van der Waals surface area contributed by atoms with E-state index in [1.54, 1.807) is 13.8 Å². The van der Waals surface area contributed by atoms with Gasteiger partial charge in [0.1, 0.15) is 11.4 Å². The number of thiophene rings is 1. The van der Waals surface area contributed by atoms with Crippen molar-refractivity contribution in [3.63, 3.8) is 0 Å². The summed E-state index contributed by atoms with van der Waals surface area (Å²) in [5.74, 6) is -0.878. The summed E-state index contributed by atoms with van der Waals surface area (Å²) in [4.78, 5) is 28.8. The molecule has 0 saturated carbocycles. The zero-order chi connectivity index (χ0) is 16.6. The molecule has 23 heavy (non-hydrogen) atoms. The maximum absolute atomic E-state index is 12.3. The quantitative estimate of drug-likeness (QED) is 0.879. The van der Waals surface area contributed by atoms with Crippen molar-refractivity contribution in [2.45, 2.75) is 32.5 Å². The number of aromatic nitrogens is 2. The predicted molar refractivity (Wildman–Crippen MR) is 84.6 cm³/mol. The second-order valence-corrected chi connectivity index (χ2v) is 6.54. The van der Waals surface area contributed by atoms with Gasteiger partial charge < -0.3 is 15.2 Å². The van der Waals surface area contributed by atoms with Gasteiger partial charge in [-0.15, -0.1) is 0 Å². The number of carbonyl (C=O) groups is 1. The van der Waals surface area contributed by atoms with Gasteiger partial charge in [-0.1, -0.05) is 0 Å². The van der Waals surface area contributed by atoms with Crippen molar-refractivity contribution in [3.05, 3.63) is 44.3 Å². The number of hydrogen-bond donors (Lipinski definition) is 2. The van der Waals surface area contributed by atoms with Crippen LogP contribution in [0.3, 0.4) is 0 Å². The van der Waals surface area contributed by atoms with Gasteiger partial charge in [-0.25, -0.2) is 4.98 Å². The molecule has 0 fully saturated rings. The van der Waals surface area contributed by atoms with Crippen molar-refractivity contribution >= 4 is 17.2 Å². The van der Waals surface area contributed by atoms with Crippen LogP contribution in [0.15, 0.2) is 21.6 Å². The lowest BCUT2D eigenvalue weighted by Crippen LogP contribution is -2.42. The number of nitrogens with zero attached hydrogens (tertiary/aromatic N) is 2. The first-order valence-corrected chi connectivity index (χ1v) is 8.12. The maximum atomic E-state index is 12.3. The molecule has 0 spiro atoms. The molecule has 3 rings (SSSR count). The summed E-state index contributed by atoms with van der Waals surface area (Å²) >= 11 is 1.52. The van der Waals surface area contributed by atoms with E-state index in [0.29, 0.717) is 25.5 Å². The molecule has 3 heterocycles. The Hall–Kier alpha value is -2.19. The molecule has 1 aliphatic heterocycles. The third kappa shape index (κ3) is 2.87. The zero-order valence-corrected chi connectivity index (χ0v) is 13.6. The molecule has 0 bridgehead atoms. The van der Waals surface area contributed by atoms with Crippen LogP contribution in [0, 0.1) is 0 Å². The molecule has 7 nitrogen and oxygen atoms in total. The lowest BCUT2D eigenvalue weighted by molar-refractivity contribution is -0.0566. The van der Waals surface area contributed by atoms with Gasteiger partial charge >= 0.3 is 0 Å². The van der Waals surface area contributed by atoms with E-state index < -0.39 is 22.8 Å². The van der Waals surface area contributed by atoms with Gasteiger partial charge in [-0.05, 0) is 36.2 Å². The monoisotopic (exact) mass is 335 g/mol. The number of aromatic hydroxyl groups is 1. The molecule has 0 saturated heterocycles. The Balaban J connectivity index is 1.95. The average Bonchev–Trinajstić information content (AvgIpc) is 3.02. The molecular formula is C15H17N3O4S. The third-order valence-corrected chi connectivity index (χ3v) is 4.44. The summed E-state index contributed by atoms with van der Waals surface area (Å²) in [5.41, 5.74) is -0.740. The van der Waals surface area contributed by atoms with E-state index in [1.165, 1.54) is 15.9 Å². The highest BCUT2D eigenvalue weighted by atomic mass is 32.1. The summed E-state index contributed by atoms with van der Waals surface area (Å²) in [6, 6.07) is 1.89. The summed E-state index contributed by atoms with van der Waals surface area (Å²) in [5, 5.41) is 16.5. The summed E-state index contributed by atoms with van der Waals surface area (Å²) < 4.78 is 6.96. The SMILES string of the molecule is CC1(C)OCCn2c1nc(C(=O)NCc1ccsc1)c(O)c2=O. The lowest BCUT2D eigenvalue weighted by atomic mass is 10.1. The van der Waals surface area contributed by atoms with Gasteiger partial charge in [-0.2, -0.15) is 11.3 Å². The fourth-order valence-corrected chi connectivity index (χ4v) is 3.15. The van der Waals surface area contributed by atoms with Gasteiger partial charge in [0.15, 0.2) is 5.69 Å². The van der Waals surface area contributed by atoms with E-state index in [2.05, 4.69) is 10.3 Å². The Morgan fingerprint density at radius 1 is 1.57 bits per heavy atom. The highest BCUT2D eigenvalue weighted by molar-refractivity contribution is 7.07. The minimum Gasteiger partial charge on any atom is -0.501 e. The van der Waals surface area contributed by atoms with Crippen LogP contribution in [0.25, 0.3) is 0 Å². The van der Waals surface area contributed by atoms with E-state index in [-0.39, 0.29) is 5.69 Å². The van der Waals surface area contributed by atoms with Crippen LogP contribution < -0.4 is 10.9 Å². The number of fused-ring (bicyclic) bond motifs is 1. The fraction of sp³-hybridized carbons (Fsp3) is 0.400. The number of carbonyl (C=O) groups excluding carboxylic acids is 1. The Morgan fingerprint density at radius 3 is 3.04 bits per heavy atom. The van der Waals surface area contributed by atoms with Gasteiger partial charge in [0.05, 0.1) is 13.2 Å². The van der Waals surface area contributed by atoms with Gasteiger partial charge in [-0.3, -0.25) is 14.2 Å². The van der Waals surface area contributed by atoms with E-state index in [4.69, 9.17) is 4.74 Å². The Bertz CT molecular complexity index is 796. The van der Waals surface area contributed by atoms with Crippen molar-refractivity contribution in [1.29, 1.82) is 0 Å². The largest absolute Gasteiger partial charge is 0.501 e. The van der Waals surface area contributed by atoms with Crippen LogP contribution >= 0.6 is 11.3 Å². The van der Waals surface area contributed by atoms with Crippen molar-refractivity contribution in [1.82, 2.24) is 14.9 Å². The van der Waals surface area contributed by atoms with Crippen LogP contribution in [0.5, 0.6) is 5.75 Å². The Labute approximate surface area is 136 Å². The van der Waals surface area contributed by atoms with Crippen molar-refractivity contribution in [2.75, 3.05) is 6.61 Å². The maximum Gasteiger partial charge on any atom is 0.296 e. The van der Waals surface area contributed by atoms with Gasteiger partial charge in [0.2, 0.25) is 5.75 Å². The first kappa shape index (κ1) is 15.7. The summed E-state index contributed by atoms with van der Waals surface area (Å²) in [6.45, 7) is 4.50. The molecule has 122 valence electrons. The first-order valence-electron chi connectivity index (χ1n) is 7.17. The number of ether oxygens (including phenoxy) is 1. The minimum absolute atomic E-state index is 0.268. The highest BCUT2D eigenvalue weighted by Gasteiger charge is 2.34. The predicted octanol–water partition coefficient (Wildman–Crippen LogP) is 1.21. The van der Waals surface area contributed by atoms with Crippen molar-refractivity contribution in [2.24, 2.45) is 0 Å². The number of nitrogens with one attached hydrogen (secondary N) is 1. The molecule has 1 amide bonds. The van der Waals surface area contributed by atoms with Crippen LogP contribution in [0.4, 0.5) is 0 Å². The molecule has 0 atom stereocenters. The lowest BCUT2D eigenvalue weighted by Gasteiger charge is -2.32. The fourth-order valence-electron chi connectivity index (χ4n) is 2.49. The molecule has 0 aromatic carbocycles. The molecule has 1 aliphatic rings. The van der Waals surface area contributed by atoms with Crippen molar-refractivity contribution < 1.29 is 14.6 Å². The summed E-state index contributed by atoms with van der Waals surface area (Å²) in [6.07, 6.45) is 0. The molecule has 0 radical (unpaired) electrons. The second-order valence-electron chi connectivity index (χ2n) is 5.76. The molecule has 2 N–H and O–H groups in total. The topological polar surface area (TPSA) is 93.5 Å². The molecule has 0 aliphatic carbocycles. The molecule has 8 heteroatoms. The molecular weight excluding hydrogens is 318 g/mol. The summed E-state index contributed by atoms with van der Waals surface area (Å²) in [7, 11) is 0. The molecule has 2 aromatic heterocycles. The Kier molecular flexibility index (Phi) is 3.95. The smallest absolute Gasteiger partial charge is 0.296 e. The minimum atomic E-state index is -0.798. The van der Waals surface area contributed by atoms with Gasteiger partial charge in [0.25, 0.3) is 11.5 Å². The van der Waals surface area contributed by atoms with Crippen LogP contribution in [0.2, 0.25) is 0 Å². The normalized spacial score (nSPS) is 15.9. The Morgan fingerprint density at radius 2 is 2.35 bits per heavy atom. The van der Waals surface area contributed by atoms with E-state index >= 15 is 0 Å². The molecule has 0 unspecified atom stereocenters. The second kappa shape index (κ2) is 5.78. The zero-order valence-electron chi connectivity index (χ0n) is 12.8. The van der Waals surface area contributed by atoms with Crippen LogP contribution in [-0.2, 0) is 23.4 Å². The number of rotatable bonds is 3. The van der Waals surface area contributed by atoms with Gasteiger partial charge in [0, 0.05) is 6.54 Å². The van der Waals surface area contributed by atoms with Crippen LogP contribution in [-0.4, -0.2) is 27.2 Å². The van der Waals surface area contributed by atoms with E-state index in [1.807, 2.05) is 16.8 Å². The first-order chi connectivity index (χ1) is 10.9. The highest BCUT2D eigenvalue weighted by Crippen LogP contribution is 2.27. The van der Waals surface area contributed by atoms with Crippen LogP contribution in [0.1, 0.15) is 35.7 Å². The average molecular weight is 335 g/mol. The van der Waals surface area contributed by atoms with Crippen molar-refractivity contribution in [3.8, 4) is 5.75 Å². The molecule has 2 aromatic rings. The van der Waals surface area contributed by atoms with E-state index in [0.717, 1.165) is 5.56 Å². The number of hydrogen-bond acceptors (Lipinski definition) is 6. The van der Waals surface area contributed by atoms with E-state index in [9.17, 15) is 14.7 Å². The third-order valence-electron chi connectivity index (χ3n) is 3.71. The standard InChI is InChI=1S/C15H17N3O4S/c1-15(2)14-17-10(11(19)13(21)18(14)4-5-22-15)12(20)16-7-9-3-6-23-8-9/h3,6,8,19H,4-5,7H2,1-2H3,(H,16,20).